The fourth-order valence-electron chi connectivity index (χ4n) is 4.07. The van der Waals surface area contributed by atoms with E-state index in [1.807, 2.05) is 24.3 Å². The fraction of sp³-hybridized carbons (Fsp3) is 0.120. The number of hydrogen-bond acceptors (Lipinski definition) is 4. The van der Waals surface area contributed by atoms with E-state index in [4.69, 9.17) is 9.15 Å². The van der Waals surface area contributed by atoms with Gasteiger partial charge in [0.2, 0.25) is 5.76 Å². The van der Waals surface area contributed by atoms with Crippen molar-refractivity contribution in [2.75, 3.05) is 7.11 Å². The fourth-order valence-corrected chi connectivity index (χ4v) is 4.44. The third kappa shape index (κ3) is 3.39. The quantitative estimate of drug-likeness (QED) is 0.379. The first-order valence-corrected chi connectivity index (χ1v) is 10.7. The minimum Gasteiger partial charge on any atom is -0.497 e. The van der Waals surface area contributed by atoms with E-state index in [2.05, 4.69) is 15.9 Å². The maximum atomic E-state index is 13.6. The van der Waals surface area contributed by atoms with Gasteiger partial charge in [0.1, 0.15) is 17.1 Å². The van der Waals surface area contributed by atoms with Crippen LogP contribution in [0.3, 0.4) is 0 Å². The molecule has 0 fully saturated rings. The average molecular weight is 494 g/mol. The highest BCUT2D eigenvalue weighted by Gasteiger charge is 2.42. The molecule has 32 heavy (non-hydrogen) atoms. The Kier molecular flexibility index (Phi) is 5.06. The Hall–Kier alpha value is -3.45. The normalized spacial score (nSPS) is 15.3. The van der Waals surface area contributed by atoms with Gasteiger partial charge in [-0.25, -0.2) is 4.39 Å². The summed E-state index contributed by atoms with van der Waals surface area (Å²) < 4.78 is 25.5. The van der Waals surface area contributed by atoms with Crippen LogP contribution in [0, 0.1) is 5.82 Å². The Balaban J connectivity index is 1.68. The van der Waals surface area contributed by atoms with Gasteiger partial charge in [0.05, 0.1) is 24.1 Å². The predicted octanol–water partition coefficient (Wildman–Crippen LogP) is 5.45. The van der Waals surface area contributed by atoms with Crippen LogP contribution < -0.4 is 10.2 Å². The number of nitrogens with zero attached hydrogens (tertiary/aromatic N) is 1. The second-order valence-corrected chi connectivity index (χ2v) is 8.47. The molecule has 5 rings (SSSR count). The molecule has 160 valence electrons. The van der Waals surface area contributed by atoms with Crippen LogP contribution >= 0.6 is 15.9 Å². The highest BCUT2D eigenvalue weighted by molar-refractivity contribution is 9.10. The summed E-state index contributed by atoms with van der Waals surface area (Å²) in [5, 5.41) is 0.379. The molecule has 1 unspecified atom stereocenters. The van der Waals surface area contributed by atoms with Crippen molar-refractivity contribution < 1.29 is 18.3 Å². The highest BCUT2D eigenvalue weighted by atomic mass is 79.9. The number of rotatable bonds is 4. The number of fused-ring (bicyclic) bond motifs is 2. The third-order valence-corrected chi connectivity index (χ3v) is 6.12. The minimum atomic E-state index is -0.695. The number of amides is 1. The van der Waals surface area contributed by atoms with Crippen LogP contribution in [-0.4, -0.2) is 17.9 Å². The number of carbonyl (C=O) groups is 1. The topological polar surface area (TPSA) is 59.8 Å². The Bertz CT molecular complexity index is 1400. The summed E-state index contributed by atoms with van der Waals surface area (Å²) in [6.45, 7) is 0.245. The van der Waals surface area contributed by atoms with Crippen molar-refractivity contribution in [3.8, 4) is 5.75 Å². The molecule has 1 atom stereocenters. The van der Waals surface area contributed by atoms with E-state index in [0.717, 1.165) is 10.0 Å². The predicted molar refractivity (Wildman–Crippen MR) is 121 cm³/mol. The minimum absolute atomic E-state index is 0.0210. The molecule has 1 aliphatic rings. The Morgan fingerprint density at radius 3 is 2.44 bits per heavy atom. The number of carbonyl (C=O) groups excluding carboxylic acids is 1. The Morgan fingerprint density at radius 1 is 1.03 bits per heavy atom. The first-order valence-electron chi connectivity index (χ1n) is 9.92. The Labute approximate surface area is 191 Å². The van der Waals surface area contributed by atoms with Crippen LogP contribution in [0.4, 0.5) is 4.39 Å². The molecule has 1 aromatic heterocycles. The first-order chi connectivity index (χ1) is 15.5. The molecule has 0 radical (unpaired) electrons. The van der Waals surface area contributed by atoms with Crippen LogP contribution in [-0.2, 0) is 6.54 Å². The summed E-state index contributed by atoms with van der Waals surface area (Å²) >= 11 is 3.39. The van der Waals surface area contributed by atoms with Crippen molar-refractivity contribution in [2.45, 2.75) is 12.6 Å². The molecule has 0 bridgehead atoms. The lowest BCUT2D eigenvalue weighted by atomic mass is 9.98. The zero-order valence-electron chi connectivity index (χ0n) is 17.0. The lowest BCUT2D eigenvalue weighted by molar-refractivity contribution is 0.0714. The zero-order chi connectivity index (χ0) is 22.4. The molecule has 7 heteroatoms. The number of benzene rings is 3. The molecular formula is C25H17BrFNO4. The maximum absolute atomic E-state index is 13.6. The van der Waals surface area contributed by atoms with Gasteiger partial charge >= 0.3 is 0 Å². The van der Waals surface area contributed by atoms with Crippen molar-refractivity contribution in [3.63, 3.8) is 0 Å². The van der Waals surface area contributed by atoms with Crippen molar-refractivity contribution in [1.29, 1.82) is 0 Å². The molecular weight excluding hydrogens is 477 g/mol. The van der Waals surface area contributed by atoms with Crippen LogP contribution in [0.15, 0.2) is 80.4 Å². The lowest BCUT2D eigenvalue weighted by Crippen LogP contribution is -2.29. The summed E-state index contributed by atoms with van der Waals surface area (Å²) in [6, 6.07) is 17.6. The van der Waals surface area contributed by atoms with Crippen LogP contribution in [0.5, 0.6) is 5.75 Å². The van der Waals surface area contributed by atoms with Crippen LogP contribution in [0.1, 0.15) is 33.3 Å². The lowest BCUT2D eigenvalue weighted by Gasteiger charge is -2.25. The SMILES string of the molecule is COc1ccc(CN2C(=O)c3oc4ccc(Br)cc4c(=O)c3C2c2ccc(F)cc2)cc1. The maximum Gasteiger partial charge on any atom is 0.291 e. The second kappa shape index (κ2) is 7.91. The van der Waals surface area contributed by atoms with Gasteiger partial charge in [-0.1, -0.05) is 40.2 Å². The average Bonchev–Trinajstić information content (AvgIpc) is 3.07. The molecule has 0 saturated heterocycles. The standard InChI is InChI=1S/C25H17BrFNO4/c1-31-18-9-2-14(3-10-18)13-28-22(15-4-7-17(27)8-5-15)21-23(29)19-12-16(26)6-11-20(19)32-24(21)25(28)30/h2-12,22H,13H2,1H3. The molecule has 4 aromatic rings. The monoisotopic (exact) mass is 493 g/mol. The van der Waals surface area contributed by atoms with Crippen LogP contribution in [0.2, 0.25) is 0 Å². The molecule has 1 amide bonds. The molecule has 5 nitrogen and oxygen atoms in total. The van der Waals surface area contributed by atoms with Gasteiger partial charge in [-0.3, -0.25) is 9.59 Å². The smallest absolute Gasteiger partial charge is 0.291 e. The summed E-state index contributed by atoms with van der Waals surface area (Å²) in [7, 11) is 1.58. The van der Waals surface area contributed by atoms with E-state index < -0.39 is 11.9 Å². The van der Waals surface area contributed by atoms with Gasteiger partial charge in [-0.15, -0.1) is 0 Å². The number of ether oxygens (including phenoxy) is 1. The van der Waals surface area contributed by atoms with Gasteiger partial charge in [0.25, 0.3) is 5.91 Å². The van der Waals surface area contributed by atoms with Crippen molar-refractivity contribution in [1.82, 2.24) is 4.90 Å². The van der Waals surface area contributed by atoms with E-state index in [0.29, 0.717) is 22.3 Å². The van der Waals surface area contributed by atoms with E-state index in [-0.39, 0.29) is 29.2 Å². The molecule has 3 aromatic carbocycles. The highest BCUT2D eigenvalue weighted by Crippen LogP contribution is 2.39. The van der Waals surface area contributed by atoms with Crippen molar-refractivity contribution in [3.05, 3.63) is 110 Å². The molecule has 2 heterocycles. The summed E-state index contributed by atoms with van der Waals surface area (Å²) in [5.41, 5.74) is 1.82. The largest absolute Gasteiger partial charge is 0.497 e. The number of hydrogen-bond donors (Lipinski definition) is 0. The van der Waals surface area contributed by atoms with Gasteiger partial charge < -0.3 is 14.1 Å². The van der Waals surface area contributed by atoms with Crippen molar-refractivity contribution >= 4 is 32.8 Å². The summed E-state index contributed by atoms with van der Waals surface area (Å²) in [4.78, 5) is 28.5. The van der Waals surface area contributed by atoms with Gasteiger partial charge in [0, 0.05) is 11.0 Å². The van der Waals surface area contributed by atoms with E-state index in [9.17, 15) is 14.0 Å². The number of methoxy groups -OCH3 is 1. The van der Waals surface area contributed by atoms with Crippen molar-refractivity contribution in [2.24, 2.45) is 0 Å². The van der Waals surface area contributed by atoms with Gasteiger partial charge in [0.15, 0.2) is 5.43 Å². The number of halogens is 2. The third-order valence-electron chi connectivity index (χ3n) is 5.63. The summed E-state index contributed by atoms with van der Waals surface area (Å²) in [5.74, 6) is -0.0530. The van der Waals surface area contributed by atoms with Gasteiger partial charge in [-0.2, -0.15) is 0 Å². The van der Waals surface area contributed by atoms with Gasteiger partial charge in [-0.05, 0) is 53.6 Å². The second-order valence-electron chi connectivity index (χ2n) is 7.55. The molecule has 1 aliphatic heterocycles. The summed E-state index contributed by atoms with van der Waals surface area (Å²) in [6.07, 6.45) is 0. The zero-order valence-corrected chi connectivity index (χ0v) is 18.6. The Morgan fingerprint density at radius 2 is 1.75 bits per heavy atom. The molecule has 0 aliphatic carbocycles. The van der Waals surface area contributed by atoms with E-state index >= 15 is 0 Å². The molecule has 0 N–H and O–H groups in total. The molecule has 0 spiro atoms. The molecule has 0 saturated carbocycles. The van der Waals surface area contributed by atoms with Crippen LogP contribution in [0.25, 0.3) is 11.0 Å². The van der Waals surface area contributed by atoms with E-state index in [1.165, 1.54) is 12.1 Å². The first kappa shape index (κ1) is 20.5. The van der Waals surface area contributed by atoms with E-state index in [1.54, 1.807) is 42.3 Å².